The highest BCUT2D eigenvalue weighted by Gasteiger charge is 2.29. The molecule has 10 aromatic rings. The van der Waals surface area contributed by atoms with Crippen molar-refractivity contribution in [2.45, 2.75) is 0 Å². The van der Waals surface area contributed by atoms with Gasteiger partial charge < -0.3 is 9.55 Å². The molecule has 8 bridgehead atoms. The lowest BCUT2D eigenvalue weighted by atomic mass is 9.91. The number of nitrogens with zero attached hydrogens (tertiary/aromatic N) is 3. The van der Waals surface area contributed by atoms with Crippen molar-refractivity contribution in [2.75, 3.05) is 0 Å². The van der Waals surface area contributed by atoms with Gasteiger partial charge in [-0.05, 0) is 82.0 Å². The van der Waals surface area contributed by atoms with Crippen molar-refractivity contribution < 1.29 is 0 Å². The quantitative estimate of drug-likeness (QED) is 0.174. The summed E-state index contributed by atoms with van der Waals surface area (Å²) in [6.07, 6.45) is 8.78. The number of benzene rings is 7. The number of H-pyrrole nitrogens is 1. The van der Waals surface area contributed by atoms with Gasteiger partial charge in [0.05, 0.1) is 33.8 Å². The van der Waals surface area contributed by atoms with Crippen molar-refractivity contribution in [3.63, 3.8) is 0 Å². The molecular formula is C62H42N4. The minimum Gasteiger partial charge on any atom is -0.354 e. The number of aromatic nitrogens is 4. The average Bonchev–Trinajstić information content (AvgIpc) is 4.23. The van der Waals surface area contributed by atoms with Gasteiger partial charge in [-0.3, -0.25) is 0 Å². The zero-order valence-electron chi connectivity index (χ0n) is 36.0. The summed E-state index contributed by atoms with van der Waals surface area (Å²) >= 11 is 0. The summed E-state index contributed by atoms with van der Waals surface area (Å²) in [4.78, 5) is 15.4. The Hall–Kier alpha value is -8.86. The van der Waals surface area contributed by atoms with E-state index in [1.165, 1.54) is 0 Å². The van der Waals surface area contributed by atoms with Gasteiger partial charge in [-0.2, -0.15) is 0 Å². The second-order valence-corrected chi connectivity index (χ2v) is 16.5. The van der Waals surface area contributed by atoms with Crippen LogP contribution >= 0.6 is 0 Å². The maximum atomic E-state index is 5.73. The summed E-state index contributed by atoms with van der Waals surface area (Å²) in [5, 5.41) is 0. The van der Waals surface area contributed by atoms with Gasteiger partial charge in [0, 0.05) is 50.1 Å². The lowest BCUT2D eigenvalue weighted by Gasteiger charge is -2.15. The van der Waals surface area contributed by atoms with Crippen LogP contribution in [0.1, 0.15) is 22.8 Å². The van der Waals surface area contributed by atoms with Crippen LogP contribution in [0.25, 0.3) is 119 Å². The van der Waals surface area contributed by atoms with Gasteiger partial charge >= 0.3 is 0 Å². The van der Waals surface area contributed by atoms with Gasteiger partial charge in [0.1, 0.15) is 0 Å². The van der Waals surface area contributed by atoms with Crippen molar-refractivity contribution in [3.8, 4) is 72.4 Å². The topological polar surface area (TPSA) is 46.5 Å². The van der Waals surface area contributed by atoms with Crippen molar-refractivity contribution in [2.24, 2.45) is 0 Å². The molecule has 5 heterocycles. The van der Waals surface area contributed by atoms with Crippen LogP contribution in [0.5, 0.6) is 0 Å². The zero-order valence-corrected chi connectivity index (χ0v) is 36.0. The summed E-state index contributed by atoms with van der Waals surface area (Å²) in [6.45, 7) is 0. The Balaban J connectivity index is 1.44. The fourth-order valence-corrected chi connectivity index (χ4v) is 9.73. The standard InChI is InChI=1S/C62H42N4/c1-8-22-42(23-9-1)55-49-36-37-50(63-49)56(43-24-10-2-11-25-43)52-39-41-54(65-52)58(45-28-14-4-15-29-45)62-60(47-32-18-6-19-33-47)59(46-30-16-5-17-31-46)61(66(62)48-34-20-7-21-35-48)57(44-26-12-3-13-27-44)53-40-38-51(55)64-53/h1-41,63H. The van der Waals surface area contributed by atoms with E-state index in [2.05, 4.69) is 258 Å². The van der Waals surface area contributed by atoms with Crippen LogP contribution < -0.4 is 0 Å². The Morgan fingerprint density at radius 2 is 0.515 bits per heavy atom. The molecule has 0 saturated heterocycles. The van der Waals surface area contributed by atoms with Crippen LogP contribution in [0.3, 0.4) is 0 Å². The Morgan fingerprint density at radius 3 is 0.833 bits per heavy atom. The molecule has 0 unspecified atom stereocenters. The van der Waals surface area contributed by atoms with Crippen molar-refractivity contribution in [1.82, 2.24) is 19.5 Å². The van der Waals surface area contributed by atoms with Gasteiger partial charge in [0.2, 0.25) is 0 Å². The minimum atomic E-state index is 0.869. The SMILES string of the molecule is C1=Cc2nc1c(-c1ccccc1)c1ccc([nH]1)c(-c1ccccc1)c1nc(c(-c3ccccc3)c3c(-c4ccccc4)c(-c4ccccc4)c(c2-c2ccccc2)n3-c2ccccc2)C=C1. The molecule has 1 N–H and O–H groups in total. The number of hydrogen-bond acceptors (Lipinski definition) is 2. The smallest absolute Gasteiger partial charge is 0.0737 e. The Labute approximate surface area is 383 Å². The predicted octanol–water partition coefficient (Wildman–Crippen LogP) is 16.1. The molecule has 7 aromatic carbocycles. The molecule has 0 spiro atoms. The first-order chi connectivity index (χ1) is 32.8. The molecular weight excluding hydrogens is 801 g/mol. The highest BCUT2D eigenvalue weighted by molar-refractivity contribution is 6.14. The predicted molar refractivity (Wildman–Crippen MR) is 276 cm³/mol. The lowest BCUT2D eigenvalue weighted by molar-refractivity contribution is 1.17. The third-order valence-electron chi connectivity index (χ3n) is 12.6. The van der Waals surface area contributed by atoms with Crippen LogP contribution in [0.2, 0.25) is 0 Å². The first-order valence-corrected chi connectivity index (χ1v) is 22.4. The third-order valence-corrected chi connectivity index (χ3v) is 12.6. The molecule has 0 radical (unpaired) electrons. The van der Waals surface area contributed by atoms with Crippen molar-refractivity contribution >= 4 is 46.4 Å². The largest absolute Gasteiger partial charge is 0.354 e. The first-order valence-electron chi connectivity index (χ1n) is 22.4. The number of fused-ring (bicyclic) bond motifs is 8. The van der Waals surface area contributed by atoms with Gasteiger partial charge in [0.25, 0.3) is 0 Å². The molecule has 66 heavy (non-hydrogen) atoms. The van der Waals surface area contributed by atoms with Crippen LogP contribution in [-0.2, 0) is 0 Å². The highest BCUT2D eigenvalue weighted by atomic mass is 15.0. The molecule has 4 nitrogen and oxygen atoms in total. The summed E-state index contributed by atoms with van der Waals surface area (Å²) in [5.74, 6) is 0. The van der Waals surface area contributed by atoms with Gasteiger partial charge in [-0.25, -0.2) is 9.97 Å². The molecule has 310 valence electrons. The molecule has 0 fully saturated rings. The maximum Gasteiger partial charge on any atom is 0.0737 e. The van der Waals surface area contributed by atoms with E-state index in [4.69, 9.17) is 9.97 Å². The Kier molecular flexibility index (Phi) is 9.81. The summed E-state index contributed by atoms with van der Waals surface area (Å²) < 4.78 is 2.49. The fraction of sp³-hybridized carbons (Fsp3) is 0. The molecule has 12 rings (SSSR count). The van der Waals surface area contributed by atoms with Crippen molar-refractivity contribution in [3.05, 3.63) is 247 Å². The summed E-state index contributed by atoms with van der Waals surface area (Å²) in [6, 6.07) is 79.7. The van der Waals surface area contributed by atoms with Crippen LogP contribution in [0.4, 0.5) is 0 Å². The molecule has 0 atom stereocenters. The third kappa shape index (κ3) is 6.80. The minimum absolute atomic E-state index is 0.869. The zero-order chi connectivity index (χ0) is 43.8. The number of para-hydroxylation sites is 1. The molecule has 0 saturated carbocycles. The molecule has 3 aromatic heterocycles. The molecule has 4 heteroatoms. The van der Waals surface area contributed by atoms with E-state index in [9.17, 15) is 0 Å². The second-order valence-electron chi connectivity index (χ2n) is 16.5. The van der Waals surface area contributed by atoms with E-state index in [1.54, 1.807) is 0 Å². The normalized spacial score (nSPS) is 11.8. The Bertz CT molecular complexity index is 3410. The van der Waals surface area contributed by atoms with Crippen LogP contribution in [0, 0.1) is 0 Å². The van der Waals surface area contributed by atoms with Gasteiger partial charge in [-0.1, -0.05) is 200 Å². The molecule has 2 aliphatic rings. The molecule has 0 aliphatic carbocycles. The highest BCUT2D eigenvalue weighted by Crippen LogP contribution is 2.50. The number of aromatic amines is 1. The summed E-state index contributed by atoms with van der Waals surface area (Å²) in [5.41, 5.74) is 21.2. The van der Waals surface area contributed by atoms with E-state index in [-0.39, 0.29) is 0 Å². The number of rotatable bonds is 7. The summed E-state index contributed by atoms with van der Waals surface area (Å²) in [7, 11) is 0. The number of nitrogens with one attached hydrogen (secondary N) is 1. The monoisotopic (exact) mass is 842 g/mol. The van der Waals surface area contributed by atoms with E-state index < -0.39 is 0 Å². The van der Waals surface area contributed by atoms with E-state index in [1.807, 2.05) is 0 Å². The number of hydrogen-bond donors (Lipinski definition) is 1. The second kappa shape index (κ2) is 16.7. The van der Waals surface area contributed by atoms with Crippen LogP contribution in [0.15, 0.2) is 224 Å². The lowest BCUT2D eigenvalue weighted by Crippen LogP contribution is -1.99. The molecule has 0 amide bonds. The molecule has 2 aliphatic heterocycles. The van der Waals surface area contributed by atoms with E-state index in [0.717, 1.165) is 117 Å². The fourth-order valence-electron chi connectivity index (χ4n) is 9.73. The maximum absolute atomic E-state index is 5.73. The van der Waals surface area contributed by atoms with E-state index in [0.29, 0.717) is 0 Å². The van der Waals surface area contributed by atoms with E-state index >= 15 is 0 Å². The van der Waals surface area contributed by atoms with Gasteiger partial charge in [0.15, 0.2) is 0 Å². The Morgan fingerprint density at radius 1 is 0.258 bits per heavy atom. The van der Waals surface area contributed by atoms with Gasteiger partial charge in [-0.15, -0.1) is 0 Å². The van der Waals surface area contributed by atoms with Crippen LogP contribution in [-0.4, -0.2) is 19.5 Å². The first kappa shape index (κ1) is 38.8. The van der Waals surface area contributed by atoms with Crippen molar-refractivity contribution in [1.29, 1.82) is 0 Å². The average molecular weight is 843 g/mol.